The van der Waals surface area contributed by atoms with Crippen LogP contribution in [0.5, 0.6) is 0 Å². The SMILES string of the molecule is CCCCC(=O)NC1(C(=O)N[C@H](Cc2ccccc2)C(=O)N[C@@H](CCCN=C(N)N)C(=O)N(C)[C@@H](Cc2ccc3ccccc3c2)C(N)=O)CCC(c2ccccc2)CC1. The van der Waals surface area contributed by atoms with Gasteiger partial charge in [-0.05, 0) is 78.3 Å². The third-order valence-corrected chi connectivity index (χ3v) is 11.5. The van der Waals surface area contributed by atoms with Gasteiger partial charge in [0.1, 0.15) is 23.7 Å². The number of nitrogens with two attached hydrogens (primary N) is 3. The van der Waals surface area contributed by atoms with Crippen molar-refractivity contribution in [2.45, 2.75) is 107 Å². The lowest BCUT2D eigenvalue weighted by molar-refractivity contribution is -0.142. The molecular weight excluding hydrogens is 757 g/mol. The van der Waals surface area contributed by atoms with E-state index in [9.17, 15) is 24.0 Å². The van der Waals surface area contributed by atoms with E-state index in [0.717, 1.165) is 28.3 Å². The number of carbonyl (C=O) groups excluding carboxylic acids is 5. The molecule has 60 heavy (non-hydrogen) atoms. The average Bonchev–Trinajstić information content (AvgIpc) is 3.25. The summed E-state index contributed by atoms with van der Waals surface area (Å²) in [7, 11) is 1.49. The van der Waals surface area contributed by atoms with Gasteiger partial charge in [0, 0.05) is 32.9 Å². The minimum atomic E-state index is -1.24. The van der Waals surface area contributed by atoms with E-state index in [2.05, 4.69) is 33.1 Å². The van der Waals surface area contributed by atoms with Gasteiger partial charge in [-0.3, -0.25) is 29.0 Å². The average molecular weight is 817 g/mol. The molecule has 3 atom stereocenters. The molecule has 5 rings (SSSR count). The van der Waals surface area contributed by atoms with Gasteiger partial charge in [-0.15, -0.1) is 0 Å². The van der Waals surface area contributed by atoms with Crippen LogP contribution in [0.25, 0.3) is 10.8 Å². The second-order valence-corrected chi connectivity index (χ2v) is 15.9. The van der Waals surface area contributed by atoms with Crippen molar-refractivity contribution in [3.05, 3.63) is 120 Å². The number of carbonyl (C=O) groups is 5. The van der Waals surface area contributed by atoms with Crippen LogP contribution in [0.15, 0.2) is 108 Å². The van der Waals surface area contributed by atoms with Crippen molar-refractivity contribution in [3.63, 3.8) is 0 Å². The van der Waals surface area contributed by atoms with E-state index in [0.29, 0.717) is 38.5 Å². The normalized spacial score (nSPS) is 17.7. The van der Waals surface area contributed by atoms with Crippen molar-refractivity contribution >= 4 is 46.3 Å². The van der Waals surface area contributed by atoms with Gasteiger partial charge in [-0.25, -0.2) is 0 Å². The third kappa shape index (κ3) is 12.4. The molecule has 1 saturated carbocycles. The molecule has 0 radical (unpaired) electrons. The summed E-state index contributed by atoms with van der Waals surface area (Å²) in [6.07, 6.45) is 4.61. The molecule has 1 fully saturated rings. The molecule has 0 bridgehead atoms. The van der Waals surface area contributed by atoms with Crippen LogP contribution in [-0.4, -0.2) is 77.7 Å². The number of aliphatic imine (C=N–C) groups is 1. The predicted octanol–water partition coefficient (Wildman–Crippen LogP) is 4.36. The largest absolute Gasteiger partial charge is 0.370 e. The fraction of sp³-hybridized carbons (Fsp3) is 0.404. The van der Waals surface area contributed by atoms with Gasteiger partial charge < -0.3 is 38.1 Å². The van der Waals surface area contributed by atoms with Gasteiger partial charge >= 0.3 is 0 Å². The zero-order chi connectivity index (χ0) is 43.1. The van der Waals surface area contributed by atoms with E-state index in [1.54, 1.807) is 0 Å². The highest BCUT2D eigenvalue weighted by Crippen LogP contribution is 2.38. The molecule has 0 unspecified atom stereocenters. The molecule has 0 aliphatic heterocycles. The van der Waals surface area contributed by atoms with Gasteiger partial charge in [-0.2, -0.15) is 0 Å². The number of nitrogens with one attached hydrogen (secondary N) is 3. The maximum absolute atomic E-state index is 14.6. The summed E-state index contributed by atoms with van der Waals surface area (Å²) in [6, 6.07) is 29.7. The number of rotatable bonds is 20. The molecule has 9 N–H and O–H groups in total. The molecule has 0 spiro atoms. The number of fused-ring (bicyclic) bond motifs is 1. The second-order valence-electron chi connectivity index (χ2n) is 15.9. The van der Waals surface area contributed by atoms with Crippen molar-refractivity contribution in [3.8, 4) is 0 Å². The Labute approximate surface area is 352 Å². The Hall–Kier alpha value is -6.24. The van der Waals surface area contributed by atoms with Gasteiger partial charge in [0.2, 0.25) is 29.5 Å². The number of benzene rings is 4. The highest BCUT2D eigenvalue weighted by Gasteiger charge is 2.45. The van der Waals surface area contributed by atoms with Crippen molar-refractivity contribution in [2.75, 3.05) is 13.6 Å². The molecule has 13 heteroatoms. The smallest absolute Gasteiger partial charge is 0.246 e. The van der Waals surface area contributed by atoms with Crippen molar-refractivity contribution < 1.29 is 24.0 Å². The topological polar surface area (TPSA) is 215 Å². The molecule has 1 aliphatic carbocycles. The molecule has 4 aromatic rings. The van der Waals surface area contributed by atoms with E-state index in [1.165, 1.54) is 17.5 Å². The monoisotopic (exact) mass is 816 g/mol. The van der Waals surface area contributed by atoms with E-state index >= 15 is 0 Å². The second kappa shape index (κ2) is 21.7. The Kier molecular flexibility index (Phi) is 16.2. The number of unbranched alkanes of at least 4 members (excludes halogenated alkanes) is 1. The summed E-state index contributed by atoms with van der Waals surface area (Å²) in [4.78, 5) is 75.1. The Bertz CT molecular complexity index is 2100. The Morgan fingerprint density at radius 3 is 2.07 bits per heavy atom. The van der Waals surface area contributed by atoms with Crippen molar-refractivity contribution in [1.82, 2.24) is 20.9 Å². The van der Waals surface area contributed by atoms with Crippen LogP contribution in [0.4, 0.5) is 0 Å². The zero-order valence-corrected chi connectivity index (χ0v) is 34.8. The maximum Gasteiger partial charge on any atom is 0.246 e. The zero-order valence-electron chi connectivity index (χ0n) is 34.8. The first-order valence-electron chi connectivity index (χ1n) is 21.0. The van der Waals surface area contributed by atoms with Crippen LogP contribution >= 0.6 is 0 Å². The summed E-state index contributed by atoms with van der Waals surface area (Å²) in [5.41, 5.74) is 18.6. The predicted molar refractivity (Wildman–Crippen MR) is 235 cm³/mol. The van der Waals surface area contributed by atoms with Gasteiger partial charge in [0.25, 0.3) is 0 Å². The van der Waals surface area contributed by atoms with Crippen LogP contribution in [-0.2, 0) is 36.8 Å². The van der Waals surface area contributed by atoms with Crippen LogP contribution < -0.4 is 33.2 Å². The first-order valence-corrected chi connectivity index (χ1v) is 21.0. The number of hydrogen-bond donors (Lipinski definition) is 6. The van der Waals surface area contributed by atoms with Crippen LogP contribution in [0.2, 0.25) is 0 Å². The fourth-order valence-corrected chi connectivity index (χ4v) is 8.05. The number of primary amides is 1. The highest BCUT2D eigenvalue weighted by molar-refractivity contribution is 5.97. The van der Waals surface area contributed by atoms with E-state index < -0.39 is 47.3 Å². The summed E-state index contributed by atoms with van der Waals surface area (Å²) in [6.45, 7) is 2.19. The molecule has 318 valence electrons. The van der Waals surface area contributed by atoms with Gasteiger partial charge in [0.05, 0.1) is 0 Å². The fourth-order valence-electron chi connectivity index (χ4n) is 8.05. The number of amides is 5. The molecule has 1 aliphatic rings. The summed E-state index contributed by atoms with van der Waals surface area (Å²) < 4.78 is 0. The molecule has 4 aromatic carbocycles. The quantitative estimate of drug-likeness (QED) is 0.0430. The van der Waals surface area contributed by atoms with E-state index in [-0.39, 0.29) is 50.0 Å². The standard InChI is InChI=1S/C47H60N8O5/c1-3-4-21-41(56)54-47(26-24-36(25-27-47)34-16-9-6-10-17-34)45(60)53-39(30-32-14-7-5-8-15-32)43(58)52-38(20-13-28-51-46(49)50)44(59)55(2)40(42(48)57)31-33-22-23-35-18-11-12-19-37(35)29-33/h5-12,14-19,22-23,29,36,38-40H,3-4,13,20-21,24-28,30-31H2,1-2H3,(H2,48,57)(H,52,58)(H,53,60)(H,54,56)(H4,49,50,51)/t36?,38-,39+,40-,47?/m0/s1. The van der Waals surface area contributed by atoms with Crippen LogP contribution in [0.1, 0.15) is 87.3 Å². The molecule has 13 nitrogen and oxygen atoms in total. The Balaban J connectivity index is 1.40. The summed E-state index contributed by atoms with van der Waals surface area (Å²) in [5, 5.41) is 11.0. The summed E-state index contributed by atoms with van der Waals surface area (Å²) >= 11 is 0. The molecule has 0 aromatic heterocycles. The molecule has 0 heterocycles. The van der Waals surface area contributed by atoms with Gasteiger partial charge in [-0.1, -0.05) is 116 Å². The van der Waals surface area contributed by atoms with Crippen LogP contribution in [0.3, 0.4) is 0 Å². The molecule has 0 saturated heterocycles. The lowest BCUT2D eigenvalue weighted by Gasteiger charge is -2.40. The van der Waals surface area contributed by atoms with Crippen molar-refractivity contribution in [2.24, 2.45) is 22.2 Å². The molecular formula is C47H60N8O5. The minimum Gasteiger partial charge on any atom is -0.370 e. The minimum absolute atomic E-state index is 0.109. The number of hydrogen-bond acceptors (Lipinski definition) is 6. The number of likely N-dealkylation sites (N-methyl/N-ethyl adjacent to an activating group) is 1. The Morgan fingerprint density at radius 2 is 1.42 bits per heavy atom. The van der Waals surface area contributed by atoms with Crippen molar-refractivity contribution in [1.29, 1.82) is 0 Å². The third-order valence-electron chi connectivity index (χ3n) is 11.5. The molecule has 5 amide bonds. The number of nitrogens with zero attached hydrogens (tertiary/aromatic N) is 2. The first kappa shape index (κ1) is 44.9. The summed E-state index contributed by atoms with van der Waals surface area (Å²) in [5.74, 6) is -2.40. The maximum atomic E-state index is 14.6. The number of guanidine groups is 1. The first-order chi connectivity index (χ1) is 28.9. The Morgan fingerprint density at radius 1 is 0.767 bits per heavy atom. The van der Waals surface area contributed by atoms with E-state index in [1.807, 2.05) is 97.9 Å². The lowest BCUT2D eigenvalue weighted by Crippen LogP contribution is -2.64. The van der Waals surface area contributed by atoms with Gasteiger partial charge in [0.15, 0.2) is 5.96 Å². The van der Waals surface area contributed by atoms with E-state index in [4.69, 9.17) is 17.2 Å². The lowest BCUT2D eigenvalue weighted by atomic mass is 9.73. The highest BCUT2D eigenvalue weighted by atomic mass is 16.2. The van der Waals surface area contributed by atoms with Crippen LogP contribution in [0, 0.1) is 0 Å².